The minimum atomic E-state index is -0.326. The maximum Gasteiger partial charge on any atom is 0.308 e. The molecule has 1 heterocycles. The third kappa shape index (κ3) is 2.39. The van der Waals surface area contributed by atoms with E-state index in [1.54, 1.807) is 14.2 Å². The topological polar surface area (TPSA) is 54.0 Å². The molecule has 104 valence electrons. The van der Waals surface area contributed by atoms with E-state index in [0.29, 0.717) is 18.9 Å². The Kier molecular flexibility index (Phi) is 4.25. The maximum atomic E-state index is 11.8. The zero-order valence-electron chi connectivity index (χ0n) is 11.3. The number of methoxy groups -OCH3 is 3. The van der Waals surface area contributed by atoms with Gasteiger partial charge in [0, 0.05) is 26.2 Å². The van der Waals surface area contributed by atoms with Crippen molar-refractivity contribution in [1.82, 2.24) is 0 Å². The molecule has 0 aromatic heterocycles. The van der Waals surface area contributed by atoms with Crippen LogP contribution < -0.4 is 0 Å². The first-order valence-electron chi connectivity index (χ1n) is 6.36. The number of carbonyl (C=O) groups is 1. The molecule has 0 spiro atoms. The van der Waals surface area contributed by atoms with Crippen LogP contribution in [0, 0.1) is 17.3 Å². The first-order valence-corrected chi connectivity index (χ1v) is 6.36. The van der Waals surface area contributed by atoms with Crippen molar-refractivity contribution in [2.75, 3.05) is 34.5 Å². The average molecular weight is 258 g/mol. The van der Waals surface area contributed by atoms with Gasteiger partial charge in [-0.2, -0.15) is 0 Å². The zero-order valence-corrected chi connectivity index (χ0v) is 11.3. The van der Waals surface area contributed by atoms with E-state index < -0.39 is 0 Å². The molecule has 1 aliphatic carbocycles. The van der Waals surface area contributed by atoms with E-state index in [1.807, 2.05) is 0 Å². The molecule has 0 amide bonds. The smallest absolute Gasteiger partial charge is 0.308 e. The lowest BCUT2D eigenvalue weighted by Gasteiger charge is -2.49. The van der Waals surface area contributed by atoms with Gasteiger partial charge < -0.3 is 18.9 Å². The van der Waals surface area contributed by atoms with Crippen LogP contribution in [0.2, 0.25) is 0 Å². The molecule has 0 aromatic carbocycles. The molecule has 0 aromatic rings. The van der Waals surface area contributed by atoms with Crippen molar-refractivity contribution in [1.29, 1.82) is 0 Å². The molecule has 2 aliphatic rings. The van der Waals surface area contributed by atoms with Crippen molar-refractivity contribution in [3.63, 3.8) is 0 Å². The summed E-state index contributed by atoms with van der Waals surface area (Å²) < 4.78 is 21.4. The Hall–Kier alpha value is -0.650. The highest BCUT2D eigenvalue weighted by atomic mass is 16.7. The fourth-order valence-electron chi connectivity index (χ4n) is 3.59. The van der Waals surface area contributed by atoms with Gasteiger partial charge in [-0.3, -0.25) is 4.79 Å². The molecule has 0 radical (unpaired) electrons. The van der Waals surface area contributed by atoms with Crippen molar-refractivity contribution in [3.05, 3.63) is 0 Å². The van der Waals surface area contributed by atoms with Gasteiger partial charge in [0.1, 0.15) is 0 Å². The third-order valence-corrected chi connectivity index (χ3v) is 4.17. The van der Waals surface area contributed by atoms with Crippen LogP contribution >= 0.6 is 0 Å². The van der Waals surface area contributed by atoms with E-state index in [-0.39, 0.29) is 23.6 Å². The molecule has 3 unspecified atom stereocenters. The molecule has 2 rings (SSSR count). The van der Waals surface area contributed by atoms with Crippen LogP contribution in [0.1, 0.15) is 19.3 Å². The summed E-state index contributed by atoms with van der Waals surface area (Å²) in [5, 5.41) is 0. The molecular formula is C13H22O5. The summed E-state index contributed by atoms with van der Waals surface area (Å²) in [6, 6.07) is 0. The quantitative estimate of drug-likeness (QED) is 0.560. The van der Waals surface area contributed by atoms with Crippen LogP contribution in [0.4, 0.5) is 0 Å². The monoisotopic (exact) mass is 258 g/mol. The van der Waals surface area contributed by atoms with Gasteiger partial charge in [-0.15, -0.1) is 0 Å². The van der Waals surface area contributed by atoms with Crippen LogP contribution in [-0.4, -0.2) is 46.8 Å². The third-order valence-electron chi connectivity index (χ3n) is 4.17. The Balaban J connectivity index is 2.18. The molecule has 2 fully saturated rings. The van der Waals surface area contributed by atoms with Gasteiger partial charge in [-0.05, 0) is 25.2 Å². The largest absolute Gasteiger partial charge is 0.469 e. The van der Waals surface area contributed by atoms with E-state index in [2.05, 4.69) is 0 Å². The van der Waals surface area contributed by atoms with Crippen molar-refractivity contribution in [3.8, 4) is 0 Å². The summed E-state index contributed by atoms with van der Waals surface area (Å²) in [6.07, 6.45) is 2.22. The second kappa shape index (κ2) is 5.55. The average Bonchev–Trinajstić information content (AvgIpc) is 2.38. The lowest BCUT2D eigenvalue weighted by Crippen LogP contribution is -2.52. The lowest BCUT2D eigenvalue weighted by molar-refractivity contribution is -0.237. The van der Waals surface area contributed by atoms with Crippen LogP contribution in [0.25, 0.3) is 0 Å². The Morgan fingerprint density at radius 1 is 1.28 bits per heavy atom. The first-order chi connectivity index (χ1) is 8.65. The molecule has 3 atom stereocenters. The highest BCUT2D eigenvalue weighted by Crippen LogP contribution is 2.49. The number of esters is 1. The number of rotatable bonds is 4. The second-order valence-corrected chi connectivity index (χ2v) is 5.41. The van der Waals surface area contributed by atoms with Gasteiger partial charge in [-0.1, -0.05) is 0 Å². The maximum absolute atomic E-state index is 11.8. The normalized spacial score (nSPS) is 35.6. The number of carbonyl (C=O) groups excluding carboxylic acids is 1. The Morgan fingerprint density at radius 2 is 2.00 bits per heavy atom. The van der Waals surface area contributed by atoms with Crippen LogP contribution in [0.15, 0.2) is 0 Å². The summed E-state index contributed by atoms with van der Waals surface area (Å²) in [5.41, 5.74) is -0.219. The number of hydrogen-bond donors (Lipinski definition) is 0. The van der Waals surface area contributed by atoms with Crippen molar-refractivity contribution in [2.24, 2.45) is 17.3 Å². The molecule has 2 bridgehead atoms. The predicted octanol–water partition coefficient (Wildman–Crippen LogP) is 1.21. The molecule has 1 aliphatic heterocycles. The van der Waals surface area contributed by atoms with Crippen molar-refractivity contribution < 1.29 is 23.7 Å². The van der Waals surface area contributed by atoms with Gasteiger partial charge in [-0.25, -0.2) is 0 Å². The van der Waals surface area contributed by atoms with Gasteiger partial charge in [0.2, 0.25) is 0 Å². The second-order valence-electron chi connectivity index (χ2n) is 5.41. The van der Waals surface area contributed by atoms with Crippen LogP contribution in [0.3, 0.4) is 0 Å². The van der Waals surface area contributed by atoms with E-state index in [0.717, 1.165) is 19.4 Å². The van der Waals surface area contributed by atoms with Crippen molar-refractivity contribution in [2.45, 2.75) is 25.6 Å². The molecule has 0 N–H and O–H groups in total. The minimum Gasteiger partial charge on any atom is -0.469 e. The van der Waals surface area contributed by atoms with Gasteiger partial charge >= 0.3 is 5.97 Å². The van der Waals surface area contributed by atoms with Crippen LogP contribution in [-0.2, 0) is 23.7 Å². The van der Waals surface area contributed by atoms with Gasteiger partial charge in [0.15, 0.2) is 6.29 Å². The highest BCUT2D eigenvalue weighted by Gasteiger charge is 2.51. The molecular weight excluding hydrogens is 236 g/mol. The minimum absolute atomic E-state index is 0.0644. The Labute approximate surface area is 108 Å². The highest BCUT2D eigenvalue weighted by molar-refractivity contribution is 5.72. The number of ether oxygens (including phenoxy) is 4. The predicted molar refractivity (Wildman–Crippen MR) is 63.9 cm³/mol. The molecule has 5 nitrogen and oxygen atoms in total. The molecule has 18 heavy (non-hydrogen) atoms. The summed E-state index contributed by atoms with van der Waals surface area (Å²) in [5.74, 6) is 0.201. The Morgan fingerprint density at radius 3 is 2.61 bits per heavy atom. The SMILES string of the molecule is COC(=O)C1CC2COCC(C(OC)OC)(C2)C1. The van der Waals surface area contributed by atoms with Crippen molar-refractivity contribution >= 4 is 5.97 Å². The fourth-order valence-corrected chi connectivity index (χ4v) is 3.59. The number of hydrogen-bond acceptors (Lipinski definition) is 5. The van der Waals surface area contributed by atoms with Gasteiger partial charge in [0.25, 0.3) is 0 Å². The summed E-state index contributed by atoms with van der Waals surface area (Å²) in [7, 11) is 4.71. The fraction of sp³-hybridized carbons (Fsp3) is 0.923. The van der Waals surface area contributed by atoms with E-state index in [9.17, 15) is 4.79 Å². The summed E-state index contributed by atoms with van der Waals surface area (Å²) in [6.45, 7) is 1.30. The lowest BCUT2D eigenvalue weighted by atomic mass is 9.64. The molecule has 5 heteroatoms. The molecule has 1 saturated carbocycles. The summed E-state index contributed by atoms with van der Waals surface area (Å²) in [4.78, 5) is 11.8. The van der Waals surface area contributed by atoms with Crippen LogP contribution in [0.5, 0.6) is 0 Å². The summed E-state index contributed by atoms with van der Waals surface area (Å²) >= 11 is 0. The van der Waals surface area contributed by atoms with Gasteiger partial charge in [0.05, 0.1) is 19.6 Å². The van der Waals surface area contributed by atoms with E-state index in [4.69, 9.17) is 18.9 Å². The Bertz CT molecular complexity index is 302. The number of fused-ring (bicyclic) bond motifs is 2. The van der Waals surface area contributed by atoms with E-state index >= 15 is 0 Å². The zero-order chi connectivity index (χ0) is 13.2. The van der Waals surface area contributed by atoms with E-state index in [1.165, 1.54) is 7.11 Å². The first kappa shape index (κ1) is 13.8. The standard InChI is InChI=1S/C13H22O5/c1-15-11(14)10-4-9-5-13(6-10,8-18-7-9)12(16-2)17-3/h9-10,12H,4-8H2,1-3H3. The molecule has 1 saturated heterocycles.